The normalized spacial score (nSPS) is 13.6. The van der Waals surface area contributed by atoms with Crippen LogP contribution in [0.3, 0.4) is 0 Å². The molecule has 16 heteroatoms. The van der Waals surface area contributed by atoms with E-state index in [2.05, 4.69) is 38.6 Å². The second-order valence-corrected chi connectivity index (χ2v) is 9.26. The number of amides is 3. The summed E-state index contributed by atoms with van der Waals surface area (Å²) in [4.78, 5) is 58.4. The first-order valence-corrected chi connectivity index (χ1v) is 13.2. The maximum atomic E-state index is 13.4. The number of thiol groups is 1. The lowest BCUT2D eigenvalue weighted by Gasteiger charge is -2.25. The first-order chi connectivity index (χ1) is 18.9. The van der Waals surface area contributed by atoms with Gasteiger partial charge in [-0.3, -0.25) is 24.4 Å². The van der Waals surface area contributed by atoms with E-state index in [4.69, 9.17) is 28.7 Å². The van der Waals surface area contributed by atoms with E-state index in [1.807, 2.05) is 0 Å². The third-order valence-electron chi connectivity index (χ3n) is 5.59. The molecule has 222 valence electrons. The molecule has 1 aromatic rings. The van der Waals surface area contributed by atoms with Gasteiger partial charge in [0, 0.05) is 25.3 Å². The van der Waals surface area contributed by atoms with Gasteiger partial charge in [-0.25, -0.2) is 4.79 Å². The van der Waals surface area contributed by atoms with Gasteiger partial charge in [0.25, 0.3) is 0 Å². The second kappa shape index (κ2) is 18.3. The minimum absolute atomic E-state index is 0.0425. The zero-order chi connectivity index (χ0) is 30.1. The molecule has 0 aliphatic heterocycles. The smallest absolute Gasteiger partial charge is 0.326 e. The Morgan fingerprint density at radius 2 is 1.25 bits per heavy atom. The number of carbonyl (C=O) groups excluding carboxylic acids is 3. The van der Waals surface area contributed by atoms with E-state index in [0.29, 0.717) is 6.42 Å². The largest absolute Gasteiger partial charge is 0.480 e. The van der Waals surface area contributed by atoms with E-state index in [1.54, 1.807) is 30.3 Å². The Bertz CT molecular complexity index is 1030. The maximum absolute atomic E-state index is 13.4. The van der Waals surface area contributed by atoms with Crippen LogP contribution in [0, 0.1) is 0 Å². The highest BCUT2D eigenvalue weighted by Crippen LogP contribution is 2.07. The molecule has 4 unspecified atom stereocenters. The molecule has 0 aliphatic carbocycles. The third kappa shape index (κ3) is 13.7. The lowest BCUT2D eigenvalue weighted by atomic mass is 10.0. The van der Waals surface area contributed by atoms with Gasteiger partial charge in [-0.05, 0) is 31.2 Å². The second-order valence-electron chi connectivity index (χ2n) is 8.90. The van der Waals surface area contributed by atoms with Crippen molar-refractivity contribution < 1.29 is 24.3 Å². The van der Waals surface area contributed by atoms with Gasteiger partial charge in [-0.1, -0.05) is 30.3 Å². The summed E-state index contributed by atoms with van der Waals surface area (Å²) < 4.78 is 0. The third-order valence-corrected chi connectivity index (χ3v) is 5.98. The molecule has 4 atom stereocenters. The maximum Gasteiger partial charge on any atom is 0.326 e. The zero-order valence-electron chi connectivity index (χ0n) is 22.2. The Labute approximate surface area is 238 Å². The predicted molar refractivity (Wildman–Crippen MR) is 155 cm³/mol. The Morgan fingerprint density at radius 3 is 1.75 bits per heavy atom. The number of benzene rings is 1. The average molecular weight is 581 g/mol. The highest BCUT2D eigenvalue weighted by Gasteiger charge is 2.30. The van der Waals surface area contributed by atoms with Crippen molar-refractivity contribution in [2.75, 3.05) is 18.8 Å². The first kappa shape index (κ1) is 34.0. The van der Waals surface area contributed by atoms with Crippen LogP contribution in [0.15, 0.2) is 40.3 Å². The number of nitrogens with one attached hydrogen (secondary N) is 3. The van der Waals surface area contributed by atoms with Gasteiger partial charge in [0.05, 0.1) is 6.04 Å². The Kier molecular flexibility index (Phi) is 15.5. The molecule has 0 aromatic heterocycles. The predicted octanol–water partition coefficient (Wildman–Crippen LogP) is -2.87. The summed E-state index contributed by atoms with van der Waals surface area (Å²) in [5.74, 6) is -3.46. The molecule has 0 heterocycles. The zero-order valence-corrected chi connectivity index (χ0v) is 23.1. The van der Waals surface area contributed by atoms with Gasteiger partial charge in [0.1, 0.15) is 18.1 Å². The van der Waals surface area contributed by atoms with Crippen LogP contribution in [0.2, 0.25) is 0 Å². The Hall–Kier alpha value is -4.05. The lowest BCUT2D eigenvalue weighted by Crippen LogP contribution is -2.57. The number of hydrogen-bond donors (Lipinski definition) is 10. The van der Waals surface area contributed by atoms with Crippen LogP contribution in [-0.4, -0.2) is 83.7 Å². The molecule has 14 N–H and O–H groups in total. The fourth-order valence-electron chi connectivity index (χ4n) is 3.50. The van der Waals surface area contributed by atoms with Gasteiger partial charge in [0.2, 0.25) is 17.7 Å². The Balaban J connectivity index is 3.10. The summed E-state index contributed by atoms with van der Waals surface area (Å²) in [5.41, 5.74) is 27.8. The van der Waals surface area contributed by atoms with E-state index in [1.165, 1.54) is 0 Å². The minimum Gasteiger partial charge on any atom is -0.480 e. The fourth-order valence-corrected chi connectivity index (χ4v) is 3.66. The molecule has 0 saturated carbocycles. The summed E-state index contributed by atoms with van der Waals surface area (Å²) in [6, 6.07) is 4.49. The number of aliphatic imine (C=N–C) groups is 2. The van der Waals surface area contributed by atoms with Crippen LogP contribution in [0.4, 0.5) is 0 Å². The van der Waals surface area contributed by atoms with Crippen molar-refractivity contribution in [1.29, 1.82) is 0 Å². The molecule has 0 spiro atoms. The van der Waals surface area contributed by atoms with E-state index in [-0.39, 0.29) is 56.4 Å². The number of carboxylic acids is 1. The molecular formula is C24H40N10O5S. The molecule has 3 amide bonds. The van der Waals surface area contributed by atoms with Crippen molar-refractivity contribution in [2.45, 2.75) is 56.3 Å². The first-order valence-electron chi connectivity index (χ1n) is 12.6. The minimum atomic E-state index is -1.27. The molecule has 40 heavy (non-hydrogen) atoms. The van der Waals surface area contributed by atoms with Gasteiger partial charge in [-0.15, -0.1) is 0 Å². The summed E-state index contributed by atoms with van der Waals surface area (Å²) in [7, 11) is 0. The quantitative estimate of drug-likeness (QED) is 0.0366. The molecule has 0 saturated heterocycles. The fraction of sp³-hybridized carbons (Fsp3) is 0.500. The van der Waals surface area contributed by atoms with E-state index in [0.717, 1.165) is 5.56 Å². The number of nitrogens with two attached hydrogens (primary N) is 5. The summed E-state index contributed by atoms with van der Waals surface area (Å²) in [6.07, 6.45) is 0.812. The number of aliphatic carboxylic acids is 1. The molecule has 15 nitrogen and oxygen atoms in total. The van der Waals surface area contributed by atoms with Crippen molar-refractivity contribution in [3.63, 3.8) is 0 Å². The monoisotopic (exact) mass is 580 g/mol. The van der Waals surface area contributed by atoms with Crippen molar-refractivity contribution >= 4 is 48.2 Å². The van der Waals surface area contributed by atoms with E-state index in [9.17, 15) is 24.3 Å². The molecule has 0 fully saturated rings. The molecule has 0 aliphatic rings. The van der Waals surface area contributed by atoms with Crippen molar-refractivity contribution in [3.8, 4) is 0 Å². The lowest BCUT2D eigenvalue weighted by molar-refractivity contribution is -0.142. The molecule has 0 radical (unpaired) electrons. The number of hydrogen-bond acceptors (Lipinski definition) is 8. The van der Waals surface area contributed by atoms with Crippen LogP contribution < -0.4 is 44.6 Å². The average Bonchev–Trinajstić information content (AvgIpc) is 2.90. The molecule has 1 rings (SSSR count). The van der Waals surface area contributed by atoms with Crippen LogP contribution in [0.25, 0.3) is 0 Å². The topological polar surface area (TPSA) is 279 Å². The summed E-state index contributed by atoms with van der Waals surface area (Å²) in [5, 5.41) is 17.3. The molecule has 1 aromatic carbocycles. The number of carbonyl (C=O) groups is 4. The summed E-state index contributed by atoms with van der Waals surface area (Å²) in [6.45, 7) is 0.347. The van der Waals surface area contributed by atoms with Gasteiger partial charge >= 0.3 is 5.97 Å². The number of rotatable bonds is 18. The van der Waals surface area contributed by atoms with Gasteiger partial charge in [-0.2, -0.15) is 12.6 Å². The summed E-state index contributed by atoms with van der Waals surface area (Å²) >= 11 is 4.03. The van der Waals surface area contributed by atoms with Crippen molar-refractivity contribution in [1.82, 2.24) is 16.0 Å². The van der Waals surface area contributed by atoms with Crippen LogP contribution in [0.5, 0.6) is 0 Å². The number of carboxylic acid groups (broad SMARTS) is 1. The van der Waals surface area contributed by atoms with Crippen LogP contribution >= 0.6 is 12.6 Å². The highest BCUT2D eigenvalue weighted by molar-refractivity contribution is 7.80. The van der Waals surface area contributed by atoms with Gasteiger partial charge in [0.15, 0.2) is 11.9 Å². The van der Waals surface area contributed by atoms with Gasteiger partial charge < -0.3 is 49.7 Å². The number of guanidine groups is 2. The van der Waals surface area contributed by atoms with E-state index >= 15 is 0 Å². The van der Waals surface area contributed by atoms with Crippen LogP contribution in [-0.2, 0) is 25.6 Å². The van der Waals surface area contributed by atoms with Crippen molar-refractivity contribution in [3.05, 3.63) is 35.9 Å². The Morgan fingerprint density at radius 1 is 0.775 bits per heavy atom. The highest BCUT2D eigenvalue weighted by atomic mass is 32.1. The van der Waals surface area contributed by atoms with Crippen molar-refractivity contribution in [2.24, 2.45) is 38.7 Å². The van der Waals surface area contributed by atoms with Crippen LogP contribution in [0.1, 0.15) is 31.2 Å². The SMILES string of the molecule is NC(N)=NCCCC(NC(=O)C(CCCN=C(N)N)NC(=O)C(Cc1ccccc1)NC(=O)C(N)CS)C(=O)O. The number of nitrogens with zero attached hydrogens (tertiary/aromatic N) is 2. The molecule has 0 bridgehead atoms. The van der Waals surface area contributed by atoms with E-state index < -0.39 is 47.9 Å². The molecular weight excluding hydrogens is 540 g/mol. The standard InChI is InChI=1S/C24H40N10O5S/c25-15(13-40)19(35)34-18(12-14-6-2-1-3-7-14)21(37)32-16(8-4-10-30-23(26)27)20(36)33-17(22(38)39)9-5-11-31-24(28)29/h1-3,6-7,15-18,40H,4-5,8-13,25H2,(H,32,37)(H,33,36)(H,34,35)(H,38,39)(H4,26,27,30)(H4,28,29,31).